The largest absolute Gasteiger partial charge is 0.416 e. The van der Waals surface area contributed by atoms with Gasteiger partial charge in [0.2, 0.25) is 5.91 Å². The van der Waals surface area contributed by atoms with E-state index < -0.39 is 22.7 Å². The van der Waals surface area contributed by atoms with Crippen molar-refractivity contribution in [3.8, 4) is 0 Å². The van der Waals surface area contributed by atoms with E-state index >= 15 is 0 Å². The number of nitrogens with zero attached hydrogens (tertiary/aromatic N) is 3. The molecule has 2 aromatic rings. The number of carbonyl (C=O) groups is 1. The molecule has 0 fully saturated rings. The fourth-order valence-corrected chi connectivity index (χ4v) is 5.47. The summed E-state index contributed by atoms with van der Waals surface area (Å²) in [5.41, 5.74) is 0.178. The summed E-state index contributed by atoms with van der Waals surface area (Å²) in [6.45, 7) is 9.96. The van der Waals surface area contributed by atoms with Crippen molar-refractivity contribution < 1.29 is 18.0 Å². The normalized spacial score (nSPS) is 22.8. The van der Waals surface area contributed by atoms with E-state index in [1.165, 1.54) is 11.5 Å². The molecule has 4 rings (SSSR count). The number of allylic oxidation sites excluding steroid dienone is 1. The highest BCUT2D eigenvalue weighted by Crippen LogP contribution is 2.46. The van der Waals surface area contributed by atoms with Crippen LogP contribution >= 0.6 is 0 Å². The van der Waals surface area contributed by atoms with Crippen molar-refractivity contribution in [2.24, 2.45) is 11.3 Å². The number of pyridine rings is 1. The maximum atomic E-state index is 13.9. The van der Waals surface area contributed by atoms with Gasteiger partial charge in [0.1, 0.15) is 0 Å². The summed E-state index contributed by atoms with van der Waals surface area (Å²) in [4.78, 5) is 27.9. The lowest BCUT2D eigenvalue weighted by Gasteiger charge is -2.40. The van der Waals surface area contributed by atoms with E-state index in [0.29, 0.717) is 19.0 Å². The van der Waals surface area contributed by atoms with Crippen LogP contribution < -0.4 is 5.56 Å². The molecule has 1 aliphatic carbocycles. The summed E-state index contributed by atoms with van der Waals surface area (Å²) in [5, 5.41) is 0. The Morgan fingerprint density at radius 3 is 2.33 bits per heavy atom. The molecule has 0 saturated heterocycles. The first-order valence-corrected chi connectivity index (χ1v) is 11.3. The lowest BCUT2D eigenvalue weighted by Crippen LogP contribution is -2.50. The van der Waals surface area contributed by atoms with Gasteiger partial charge in [0.15, 0.2) is 0 Å². The number of fused-ring (bicyclic) bond motifs is 1. The van der Waals surface area contributed by atoms with E-state index in [2.05, 4.69) is 22.8 Å². The summed E-state index contributed by atoms with van der Waals surface area (Å²) in [6.07, 6.45) is 0.0560. The first-order valence-electron chi connectivity index (χ1n) is 11.3. The third kappa shape index (κ3) is 3.73. The molecular weight excluding hydrogens is 431 g/mol. The topological polar surface area (TPSA) is 47.2 Å². The number of aryl methyl sites for hydroxylation is 2. The van der Waals surface area contributed by atoms with Gasteiger partial charge in [-0.3, -0.25) is 9.59 Å². The maximum Gasteiger partial charge on any atom is 0.416 e. The summed E-state index contributed by atoms with van der Waals surface area (Å²) in [6, 6.07) is 4.82. The number of rotatable bonds is 3. The van der Waals surface area contributed by atoms with Gasteiger partial charge >= 0.3 is 6.18 Å². The molecule has 0 saturated carbocycles. The highest BCUT2D eigenvalue weighted by molar-refractivity contribution is 5.86. The van der Waals surface area contributed by atoms with Crippen LogP contribution in [0, 0.1) is 32.1 Å². The molecule has 0 aromatic carbocycles. The third-order valence-corrected chi connectivity index (χ3v) is 7.47. The standard InChI is InChI=1S/C25H30F3N3O2/c1-15(2)24(9-8-19(13-24)31-16(3)6-7-17(31)4)23(33)29-10-11-30-21(14-29)18(5)20(12-22(30)32)25(26,27)28/h6-9,12,15,19H,10-11,13-14H2,1-5H3/t19-,24+/m1/s1. The van der Waals surface area contributed by atoms with Gasteiger partial charge < -0.3 is 14.0 Å². The molecule has 2 atom stereocenters. The molecule has 1 aliphatic heterocycles. The zero-order chi connectivity index (χ0) is 24.3. The van der Waals surface area contributed by atoms with Gasteiger partial charge in [-0.2, -0.15) is 13.2 Å². The third-order valence-electron chi connectivity index (χ3n) is 7.47. The van der Waals surface area contributed by atoms with E-state index in [9.17, 15) is 22.8 Å². The second kappa shape index (κ2) is 7.92. The van der Waals surface area contributed by atoms with Crippen LogP contribution in [-0.4, -0.2) is 26.5 Å². The van der Waals surface area contributed by atoms with Gasteiger partial charge in [0.25, 0.3) is 5.56 Å². The number of hydrogen-bond donors (Lipinski definition) is 0. The van der Waals surface area contributed by atoms with Crippen molar-refractivity contribution in [2.45, 2.75) is 66.3 Å². The number of aromatic nitrogens is 2. The van der Waals surface area contributed by atoms with E-state index in [-0.39, 0.29) is 42.2 Å². The van der Waals surface area contributed by atoms with Crippen molar-refractivity contribution in [1.29, 1.82) is 0 Å². The molecule has 0 unspecified atom stereocenters. The number of amides is 1. The average molecular weight is 462 g/mol. The van der Waals surface area contributed by atoms with E-state index in [0.717, 1.165) is 11.4 Å². The Balaban J connectivity index is 1.67. The maximum absolute atomic E-state index is 13.9. The minimum atomic E-state index is -4.61. The summed E-state index contributed by atoms with van der Waals surface area (Å²) >= 11 is 0. The minimum absolute atomic E-state index is 0.00161. The minimum Gasteiger partial charge on any atom is -0.342 e. The molecule has 33 heavy (non-hydrogen) atoms. The number of alkyl halides is 3. The smallest absolute Gasteiger partial charge is 0.342 e. The Hall–Kier alpha value is -2.77. The zero-order valence-electron chi connectivity index (χ0n) is 19.7. The first kappa shape index (κ1) is 23.4. The molecular formula is C25H30F3N3O2. The van der Waals surface area contributed by atoms with Crippen LogP contribution in [0.1, 0.15) is 54.5 Å². The van der Waals surface area contributed by atoms with Gasteiger partial charge in [0, 0.05) is 36.2 Å². The molecule has 8 heteroatoms. The van der Waals surface area contributed by atoms with Gasteiger partial charge in [-0.15, -0.1) is 0 Å². The zero-order valence-corrected chi connectivity index (χ0v) is 19.7. The van der Waals surface area contributed by atoms with E-state index in [1.807, 2.05) is 33.8 Å². The predicted molar refractivity (Wildman–Crippen MR) is 120 cm³/mol. The Labute approximate surface area is 191 Å². The second-order valence-electron chi connectivity index (χ2n) is 9.66. The quantitative estimate of drug-likeness (QED) is 0.618. The van der Waals surface area contributed by atoms with Crippen LogP contribution in [0.2, 0.25) is 0 Å². The molecule has 0 spiro atoms. The van der Waals surface area contributed by atoms with Crippen molar-refractivity contribution in [1.82, 2.24) is 14.0 Å². The second-order valence-corrected chi connectivity index (χ2v) is 9.66. The Kier molecular flexibility index (Phi) is 5.61. The fraction of sp³-hybridized carbons (Fsp3) is 0.520. The molecule has 0 radical (unpaired) electrons. The highest BCUT2D eigenvalue weighted by atomic mass is 19.4. The monoisotopic (exact) mass is 461 g/mol. The average Bonchev–Trinajstić information content (AvgIpc) is 3.33. The summed E-state index contributed by atoms with van der Waals surface area (Å²) < 4.78 is 44.0. The lowest BCUT2D eigenvalue weighted by molar-refractivity contribution is -0.143. The molecule has 5 nitrogen and oxygen atoms in total. The van der Waals surface area contributed by atoms with Crippen molar-refractivity contribution in [3.05, 3.63) is 68.9 Å². The Morgan fingerprint density at radius 2 is 1.76 bits per heavy atom. The number of hydrogen-bond acceptors (Lipinski definition) is 2. The first-order chi connectivity index (χ1) is 15.4. The summed E-state index contributed by atoms with van der Waals surface area (Å²) in [5.74, 6) is -0.0802. The number of halogens is 3. The van der Waals surface area contributed by atoms with Gasteiger partial charge in [-0.1, -0.05) is 26.0 Å². The molecule has 3 heterocycles. The summed E-state index contributed by atoms with van der Waals surface area (Å²) in [7, 11) is 0. The number of carbonyl (C=O) groups excluding carboxylic acids is 1. The van der Waals surface area contributed by atoms with Crippen LogP contribution in [0.25, 0.3) is 0 Å². The molecule has 2 aromatic heterocycles. The molecule has 0 bridgehead atoms. The Bertz CT molecular complexity index is 1170. The highest BCUT2D eigenvalue weighted by Gasteiger charge is 2.47. The van der Waals surface area contributed by atoms with Crippen LogP contribution in [0.5, 0.6) is 0 Å². The molecule has 178 valence electrons. The fourth-order valence-electron chi connectivity index (χ4n) is 5.47. The van der Waals surface area contributed by atoms with Crippen molar-refractivity contribution in [3.63, 3.8) is 0 Å². The van der Waals surface area contributed by atoms with Crippen molar-refractivity contribution in [2.75, 3.05) is 6.54 Å². The predicted octanol–water partition coefficient (Wildman–Crippen LogP) is 4.78. The van der Waals surface area contributed by atoms with E-state index in [1.54, 1.807) is 4.90 Å². The van der Waals surface area contributed by atoms with E-state index in [4.69, 9.17) is 0 Å². The SMILES string of the molecule is Cc1c(C(F)(F)F)cc(=O)n2c1CN(C(=O)[C@@]1(C(C)C)C=C[C@@H](n3c(C)ccc3C)C1)CC2. The Morgan fingerprint density at radius 1 is 1.12 bits per heavy atom. The van der Waals surface area contributed by atoms with Crippen LogP contribution in [-0.2, 0) is 24.1 Å². The lowest BCUT2D eigenvalue weighted by atomic mass is 9.74. The van der Waals surface area contributed by atoms with Crippen molar-refractivity contribution >= 4 is 5.91 Å². The van der Waals surface area contributed by atoms with Gasteiger partial charge in [0.05, 0.1) is 23.6 Å². The molecule has 0 N–H and O–H groups in total. The van der Waals surface area contributed by atoms with Gasteiger partial charge in [-0.05, 0) is 50.8 Å². The van der Waals surface area contributed by atoms with Crippen LogP contribution in [0.15, 0.2) is 35.1 Å². The van der Waals surface area contributed by atoms with Crippen LogP contribution in [0.3, 0.4) is 0 Å². The molecule has 2 aliphatic rings. The van der Waals surface area contributed by atoms with Crippen LogP contribution in [0.4, 0.5) is 13.2 Å². The molecule has 1 amide bonds. The van der Waals surface area contributed by atoms with Gasteiger partial charge in [-0.25, -0.2) is 0 Å².